The van der Waals surface area contributed by atoms with Gasteiger partial charge in [0.2, 0.25) is 5.91 Å². The van der Waals surface area contributed by atoms with Gasteiger partial charge in [-0.1, -0.05) is 91.3 Å². The van der Waals surface area contributed by atoms with E-state index in [0.29, 0.717) is 32.2 Å². The molecule has 0 bridgehead atoms. The van der Waals surface area contributed by atoms with Gasteiger partial charge >= 0.3 is 5.97 Å². The molecule has 48 heavy (non-hydrogen) atoms. The summed E-state index contributed by atoms with van der Waals surface area (Å²) >= 11 is 1.70. The van der Waals surface area contributed by atoms with Crippen molar-refractivity contribution in [3.05, 3.63) is 119 Å². The molecule has 0 aliphatic carbocycles. The summed E-state index contributed by atoms with van der Waals surface area (Å²) in [4.78, 5) is 24.2. The number of aliphatic hydroxyl groups excluding tert-OH is 1. The number of carboxylic acids is 1. The van der Waals surface area contributed by atoms with Crippen LogP contribution >= 0.6 is 11.8 Å². The van der Waals surface area contributed by atoms with Crippen LogP contribution in [0.2, 0.25) is 0 Å². The van der Waals surface area contributed by atoms with Crippen LogP contribution in [-0.4, -0.2) is 41.1 Å². The highest BCUT2D eigenvalue weighted by Crippen LogP contribution is 2.41. The summed E-state index contributed by atoms with van der Waals surface area (Å²) in [5.74, 6) is 0.720. The van der Waals surface area contributed by atoms with Gasteiger partial charge in [-0.15, -0.1) is 11.8 Å². The van der Waals surface area contributed by atoms with Crippen molar-refractivity contribution < 1.29 is 34.0 Å². The fourth-order valence-corrected chi connectivity index (χ4v) is 6.79. The molecule has 0 aromatic heterocycles. The number of hydrogen-bond donors (Lipinski definition) is 3. The zero-order valence-electron chi connectivity index (χ0n) is 27.2. The lowest BCUT2D eigenvalue weighted by Gasteiger charge is -2.36. The van der Waals surface area contributed by atoms with E-state index in [1.807, 2.05) is 78.9 Å². The number of carbonyl (C=O) groups is 2. The zero-order valence-corrected chi connectivity index (χ0v) is 28.0. The molecule has 252 valence electrons. The number of nitrogens with one attached hydrogen (secondary N) is 1. The number of methoxy groups -OCH3 is 1. The number of unbranched alkanes of at least 4 members (excludes halogenated alkanes) is 2. The van der Waals surface area contributed by atoms with Gasteiger partial charge < -0.3 is 29.7 Å². The molecule has 3 N–H and O–H groups in total. The molecule has 4 aromatic rings. The number of carbonyl (C=O) groups excluding carboxylic acids is 1. The van der Waals surface area contributed by atoms with E-state index in [-0.39, 0.29) is 31.1 Å². The van der Waals surface area contributed by atoms with Crippen molar-refractivity contribution in [3.8, 4) is 16.9 Å². The number of benzene rings is 4. The van der Waals surface area contributed by atoms with Crippen LogP contribution in [0.4, 0.5) is 0 Å². The van der Waals surface area contributed by atoms with Crippen LogP contribution in [0, 0.1) is 0 Å². The van der Waals surface area contributed by atoms with Crippen molar-refractivity contribution in [3.63, 3.8) is 0 Å². The molecule has 0 unspecified atom stereocenters. The van der Waals surface area contributed by atoms with Crippen molar-refractivity contribution in [2.24, 2.45) is 0 Å². The molecule has 4 aromatic carbocycles. The van der Waals surface area contributed by atoms with Gasteiger partial charge in [0.25, 0.3) is 0 Å². The molecule has 1 aliphatic rings. The summed E-state index contributed by atoms with van der Waals surface area (Å²) in [5.41, 5.74) is 5.87. The standard InChI is InChI=1S/C39H43NO7S/c1-45-34-11-7-8-12-36(34)48-26-32-23-35(29-17-15-27(25-41)16-18-29)47-39(46-32)30-21-19-28(20-22-30)33-10-6-5-9-31(33)24-40-37(42)13-3-2-4-14-38(43)44/h5-12,15-22,32,35,39,41H,2-4,13-14,23-26H2,1H3,(H,40,42)(H,43,44)/t32-,35+,39+/m1/s1. The van der Waals surface area contributed by atoms with Crippen molar-refractivity contribution in [2.45, 2.75) is 75.1 Å². The lowest BCUT2D eigenvalue weighted by atomic mass is 9.97. The number of aliphatic carboxylic acids is 1. The van der Waals surface area contributed by atoms with E-state index >= 15 is 0 Å². The van der Waals surface area contributed by atoms with Crippen LogP contribution in [0.3, 0.4) is 0 Å². The Bertz CT molecular complexity index is 1630. The maximum atomic E-state index is 12.5. The number of hydrogen-bond acceptors (Lipinski definition) is 7. The second-order valence-electron chi connectivity index (χ2n) is 11.8. The predicted molar refractivity (Wildman–Crippen MR) is 187 cm³/mol. The highest BCUT2D eigenvalue weighted by atomic mass is 32.2. The van der Waals surface area contributed by atoms with Gasteiger partial charge in [0.15, 0.2) is 6.29 Å². The van der Waals surface area contributed by atoms with E-state index < -0.39 is 12.3 Å². The van der Waals surface area contributed by atoms with Gasteiger partial charge in [0.1, 0.15) is 5.75 Å². The second-order valence-corrected chi connectivity index (χ2v) is 12.9. The minimum atomic E-state index is -0.805. The smallest absolute Gasteiger partial charge is 0.303 e. The first-order chi connectivity index (χ1) is 23.4. The minimum absolute atomic E-state index is 0.00621. The molecule has 0 saturated carbocycles. The van der Waals surface area contributed by atoms with Crippen LogP contribution in [0.1, 0.15) is 73.2 Å². The molecule has 8 nitrogen and oxygen atoms in total. The van der Waals surface area contributed by atoms with Gasteiger partial charge in [-0.3, -0.25) is 9.59 Å². The van der Waals surface area contributed by atoms with Crippen molar-refractivity contribution in [2.75, 3.05) is 12.9 Å². The topological polar surface area (TPSA) is 114 Å². The summed E-state index contributed by atoms with van der Waals surface area (Å²) in [6.07, 6.45) is 2.35. The highest BCUT2D eigenvalue weighted by Gasteiger charge is 2.32. The average Bonchev–Trinajstić information content (AvgIpc) is 3.13. The third-order valence-electron chi connectivity index (χ3n) is 8.39. The Morgan fingerprint density at radius 2 is 1.56 bits per heavy atom. The van der Waals surface area contributed by atoms with Crippen LogP contribution in [0.15, 0.2) is 102 Å². The van der Waals surface area contributed by atoms with Crippen LogP contribution < -0.4 is 10.1 Å². The average molecular weight is 670 g/mol. The fraction of sp³-hybridized carbons (Fsp3) is 0.333. The molecule has 0 radical (unpaired) electrons. The summed E-state index contributed by atoms with van der Waals surface area (Å²) in [6.45, 7) is 0.400. The Balaban J connectivity index is 1.26. The highest BCUT2D eigenvalue weighted by molar-refractivity contribution is 7.99. The van der Waals surface area contributed by atoms with Gasteiger partial charge in [0.05, 0.1) is 25.9 Å². The minimum Gasteiger partial charge on any atom is -0.496 e. The molecular formula is C39H43NO7S. The van der Waals surface area contributed by atoms with Crippen molar-refractivity contribution >= 4 is 23.6 Å². The van der Waals surface area contributed by atoms with E-state index in [1.165, 1.54) is 0 Å². The molecule has 9 heteroatoms. The molecule has 0 spiro atoms. The largest absolute Gasteiger partial charge is 0.496 e. The number of thioether (sulfide) groups is 1. The number of para-hydroxylation sites is 1. The first-order valence-corrected chi connectivity index (χ1v) is 17.3. The fourth-order valence-electron chi connectivity index (χ4n) is 5.74. The monoisotopic (exact) mass is 669 g/mol. The van der Waals surface area contributed by atoms with Gasteiger partial charge in [0, 0.05) is 42.0 Å². The van der Waals surface area contributed by atoms with E-state index in [0.717, 1.165) is 56.2 Å². The Labute approximate surface area is 286 Å². The van der Waals surface area contributed by atoms with E-state index in [9.17, 15) is 14.7 Å². The van der Waals surface area contributed by atoms with Crippen molar-refractivity contribution in [1.29, 1.82) is 0 Å². The molecule has 1 amide bonds. The Morgan fingerprint density at radius 1 is 0.854 bits per heavy atom. The second kappa shape index (κ2) is 17.8. The predicted octanol–water partition coefficient (Wildman–Crippen LogP) is 7.84. The summed E-state index contributed by atoms with van der Waals surface area (Å²) < 4.78 is 18.7. The normalized spacial score (nSPS) is 17.5. The van der Waals surface area contributed by atoms with Gasteiger partial charge in [-0.25, -0.2) is 0 Å². The maximum absolute atomic E-state index is 12.5. The third kappa shape index (κ3) is 9.93. The van der Waals surface area contributed by atoms with E-state index in [1.54, 1.807) is 18.9 Å². The summed E-state index contributed by atoms with van der Waals surface area (Å²) in [7, 11) is 1.68. The number of ether oxygens (including phenoxy) is 3. The zero-order chi connectivity index (χ0) is 33.7. The Hall–Kier alpha value is -4.15. The van der Waals surface area contributed by atoms with E-state index in [2.05, 4.69) is 23.5 Å². The number of aliphatic hydroxyl groups is 1. The van der Waals surface area contributed by atoms with Crippen LogP contribution in [0.25, 0.3) is 11.1 Å². The van der Waals surface area contributed by atoms with Gasteiger partial charge in [-0.2, -0.15) is 0 Å². The summed E-state index contributed by atoms with van der Waals surface area (Å²) in [5, 5.41) is 21.3. The van der Waals surface area contributed by atoms with Crippen molar-refractivity contribution in [1.82, 2.24) is 5.32 Å². The Morgan fingerprint density at radius 3 is 2.31 bits per heavy atom. The van der Waals surface area contributed by atoms with E-state index in [4.69, 9.17) is 19.3 Å². The number of amides is 1. The molecule has 1 fully saturated rings. The Kier molecular flexibility index (Phi) is 13.1. The molecule has 1 heterocycles. The number of carboxylic acid groups (broad SMARTS) is 1. The first kappa shape index (κ1) is 35.2. The molecule has 1 aliphatic heterocycles. The molecule has 1 saturated heterocycles. The quantitative estimate of drug-likeness (QED) is 0.0817. The molecule has 5 rings (SSSR count). The first-order valence-electron chi connectivity index (χ1n) is 16.4. The molecular weight excluding hydrogens is 626 g/mol. The summed E-state index contributed by atoms with van der Waals surface area (Å²) in [6, 6.07) is 32.1. The SMILES string of the molecule is COc1ccccc1SC[C@H]1C[C@@H](c2ccc(CO)cc2)O[C@@H](c2ccc(-c3ccccc3CNC(=O)CCCCCC(=O)O)cc2)O1. The number of rotatable bonds is 16. The lowest BCUT2D eigenvalue weighted by molar-refractivity contribution is -0.245. The maximum Gasteiger partial charge on any atom is 0.303 e. The van der Waals surface area contributed by atoms with Crippen LogP contribution in [-0.2, 0) is 32.2 Å². The lowest BCUT2D eigenvalue weighted by Crippen LogP contribution is -2.31. The molecule has 3 atom stereocenters. The van der Waals surface area contributed by atoms with Gasteiger partial charge in [-0.05, 0) is 52.8 Å². The van der Waals surface area contributed by atoms with Crippen LogP contribution in [0.5, 0.6) is 5.75 Å². The third-order valence-corrected chi connectivity index (χ3v) is 9.58.